The molecule has 0 aromatic heterocycles. The second kappa shape index (κ2) is 8.15. The number of likely N-dealkylation sites (tertiary alicyclic amines) is 1. The second-order valence-electron chi connectivity index (χ2n) is 7.92. The molecular weight excluding hydrogens is 350 g/mol. The number of amides is 2. The Labute approximate surface area is 166 Å². The summed E-state index contributed by atoms with van der Waals surface area (Å²) in [6.07, 6.45) is 4.29. The van der Waals surface area contributed by atoms with Crippen LogP contribution in [0.3, 0.4) is 0 Å². The monoisotopic (exact) mass is 377 g/mol. The van der Waals surface area contributed by atoms with Gasteiger partial charge in [0.15, 0.2) is 0 Å². The topological polar surface area (TPSA) is 61.4 Å². The lowest BCUT2D eigenvalue weighted by Crippen LogP contribution is -2.33. The number of hydrogen-bond donors (Lipinski definition) is 2. The molecule has 5 nitrogen and oxygen atoms in total. The minimum atomic E-state index is -0.0717. The Morgan fingerprint density at radius 1 is 1.07 bits per heavy atom. The van der Waals surface area contributed by atoms with E-state index in [-0.39, 0.29) is 11.8 Å². The van der Waals surface area contributed by atoms with Gasteiger partial charge < -0.3 is 10.6 Å². The molecule has 1 aliphatic heterocycles. The quantitative estimate of drug-likeness (QED) is 0.808. The van der Waals surface area contributed by atoms with Crippen molar-refractivity contribution in [3.63, 3.8) is 0 Å². The van der Waals surface area contributed by atoms with Gasteiger partial charge in [-0.1, -0.05) is 35.9 Å². The van der Waals surface area contributed by atoms with E-state index in [2.05, 4.69) is 46.7 Å². The minimum Gasteiger partial charge on any atom is -0.349 e. The van der Waals surface area contributed by atoms with E-state index in [1.54, 1.807) is 12.1 Å². The van der Waals surface area contributed by atoms with Crippen molar-refractivity contribution < 1.29 is 9.59 Å². The summed E-state index contributed by atoms with van der Waals surface area (Å²) in [4.78, 5) is 27.1. The first kappa shape index (κ1) is 18.7. The van der Waals surface area contributed by atoms with Crippen molar-refractivity contribution in [1.29, 1.82) is 0 Å². The first-order valence-electron chi connectivity index (χ1n) is 10.1. The predicted octanol–water partition coefficient (Wildman–Crippen LogP) is 3.66. The molecule has 28 heavy (non-hydrogen) atoms. The molecule has 1 atom stereocenters. The number of carbonyl (C=O) groups is 2. The van der Waals surface area contributed by atoms with Gasteiger partial charge in [-0.3, -0.25) is 14.5 Å². The number of hydrogen-bond acceptors (Lipinski definition) is 3. The molecule has 2 N–H and O–H groups in total. The third-order valence-corrected chi connectivity index (χ3v) is 5.49. The van der Waals surface area contributed by atoms with Crippen molar-refractivity contribution in [2.24, 2.45) is 0 Å². The average molecular weight is 377 g/mol. The fourth-order valence-corrected chi connectivity index (χ4v) is 3.80. The molecule has 2 fully saturated rings. The Bertz CT molecular complexity index is 858. The van der Waals surface area contributed by atoms with Crippen LogP contribution in [0.2, 0.25) is 0 Å². The number of carbonyl (C=O) groups excluding carboxylic acids is 2. The maximum absolute atomic E-state index is 12.6. The summed E-state index contributed by atoms with van der Waals surface area (Å²) in [6, 6.07) is 16.4. The third kappa shape index (κ3) is 4.60. The molecule has 5 heteroatoms. The number of nitrogens with zero attached hydrogens (tertiary/aromatic N) is 1. The van der Waals surface area contributed by atoms with Gasteiger partial charge in [-0.25, -0.2) is 0 Å². The lowest BCUT2D eigenvalue weighted by molar-refractivity contribution is -0.117. The molecule has 2 amide bonds. The molecule has 0 bridgehead atoms. The molecule has 2 aromatic carbocycles. The smallest absolute Gasteiger partial charge is 0.251 e. The first-order valence-corrected chi connectivity index (χ1v) is 10.1. The lowest BCUT2D eigenvalue weighted by atomic mass is 10.0. The molecule has 0 unspecified atom stereocenters. The number of benzene rings is 2. The van der Waals surface area contributed by atoms with Crippen LogP contribution in [0, 0.1) is 6.92 Å². The van der Waals surface area contributed by atoms with Gasteiger partial charge in [0.2, 0.25) is 5.91 Å². The molecule has 4 rings (SSSR count). The van der Waals surface area contributed by atoms with Crippen molar-refractivity contribution in [3.8, 4) is 0 Å². The first-order chi connectivity index (χ1) is 13.6. The highest BCUT2D eigenvalue weighted by atomic mass is 16.2. The largest absolute Gasteiger partial charge is 0.349 e. The fraction of sp³-hybridized carbons (Fsp3) is 0.391. The SMILES string of the molecule is Cc1ccc([C@H]2CCCN2CC(=O)Nc2cccc(C(=O)NC3CC3)c2)cc1. The highest BCUT2D eigenvalue weighted by molar-refractivity contribution is 5.97. The molecule has 1 saturated heterocycles. The van der Waals surface area contributed by atoms with Crippen LogP contribution in [0.5, 0.6) is 0 Å². The molecular formula is C23H27N3O2. The van der Waals surface area contributed by atoms with E-state index in [4.69, 9.17) is 0 Å². The molecule has 0 spiro atoms. The van der Waals surface area contributed by atoms with E-state index in [0.29, 0.717) is 29.9 Å². The number of anilines is 1. The van der Waals surface area contributed by atoms with Gasteiger partial charge in [0, 0.05) is 23.3 Å². The number of aryl methyl sites for hydroxylation is 1. The van der Waals surface area contributed by atoms with Crippen LogP contribution >= 0.6 is 0 Å². The highest BCUT2D eigenvalue weighted by Crippen LogP contribution is 2.31. The normalized spacial score (nSPS) is 19.4. The van der Waals surface area contributed by atoms with Crippen LogP contribution in [0.4, 0.5) is 5.69 Å². The molecule has 2 aromatic rings. The van der Waals surface area contributed by atoms with Crippen molar-refractivity contribution >= 4 is 17.5 Å². The molecule has 1 aliphatic carbocycles. The number of rotatable bonds is 6. The predicted molar refractivity (Wildman–Crippen MR) is 110 cm³/mol. The van der Waals surface area contributed by atoms with Crippen LogP contribution in [0.15, 0.2) is 48.5 Å². The van der Waals surface area contributed by atoms with E-state index >= 15 is 0 Å². The average Bonchev–Trinajstić information content (AvgIpc) is 3.38. The zero-order chi connectivity index (χ0) is 19.5. The van der Waals surface area contributed by atoms with Crippen LogP contribution in [0.25, 0.3) is 0 Å². The maximum atomic E-state index is 12.6. The van der Waals surface area contributed by atoms with Gasteiger partial charge in [0.1, 0.15) is 0 Å². The van der Waals surface area contributed by atoms with E-state index in [0.717, 1.165) is 32.2 Å². The standard InChI is InChI=1S/C23H27N3O2/c1-16-7-9-17(10-8-16)21-6-3-13-26(21)15-22(27)24-20-5-2-4-18(14-20)23(28)25-19-11-12-19/h2,4-5,7-10,14,19,21H,3,6,11-13,15H2,1H3,(H,24,27)(H,25,28)/t21-/m1/s1. The maximum Gasteiger partial charge on any atom is 0.251 e. The van der Waals surface area contributed by atoms with E-state index in [9.17, 15) is 9.59 Å². The van der Waals surface area contributed by atoms with Gasteiger partial charge in [0.25, 0.3) is 5.91 Å². The summed E-state index contributed by atoms with van der Waals surface area (Å²) < 4.78 is 0. The molecule has 1 heterocycles. The van der Waals surface area contributed by atoms with Crippen molar-refractivity contribution in [2.75, 3.05) is 18.4 Å². The van der Waals surface area contributed by atoms with E-state index < -0.39 is 0 Å². The van der Waals surface area contributed by atoms with E-state index in [1.807, 2.05) is 12.1 Å². The molecule has 1 saturated carbocycles. The Kier molecular flexibility index (Phi) is 5.44. The second-order valence-corrected chi connectivity index (χ2v) is 7.92. The molecule has 0 radical (unpaired) electrons. The number of nitrogens with one attached hydrogen (secondary N) is 2. The van der Waals surface area contributed by atoms with Crippen molar-refractivity contribution in [3.05, 3.63) is 65.2 Å². The van der Waals surface area contributed by atoms with Gasteiger partial charge in [-0.05, 0) is 62.9 Å². The van der Waals surface area contributed by atoms with Crippen LogP contribution in [-0.4, -0.2) is 35.8 Å². The minimum absolute atomic E-state index is 0.0428. The summed E-state index contributed by atoms with van der Waals surface area (Å²) >= 11 is 0. The zero-order valence-corrected chi connectivity index (χ0v) is 16.3. The Morgan fingerprint density at radius 3 is 2.61 bits per heavy atom. The zero-order valence-electron chi connectivity index (χ0n) is 16.3. The van der Waals surface area contributed by atoms with Gasteiger partial charge in [0.05, 0.1) is 6.54 Å². The van der Waals surface area contributed by atoms with Gasteiger partial charge in [-0.2, -0.15) is 0 Å². The lowest BCUT2D eigenvalue weighted by Gasteiger charge is -2.24. The third-order valence-electron chi connectivity index (χ3n) is 5.49. The fourth-order valence-electron chi connectivity index (χ4n) is 3.80. The Morgan fingerprint density at radius 2 is 1.86 bits per heavy atom. The van der Waals surface area contributed by atoms with Crippen LogP contribution in [0.1, 0.15) is 53.2 Å². The summed E-state index contributed by atoms with van der Waals surface area (Å²) in [7, 11) is 0. The summed E-state index contributed by atoms with van der Waals surface area (Å²) in [5.74, 6) is -0.115. The summed E-state index contributed by atoms with van der Waals surface area (Å²) in [5.41, 5.74) is 3.77. The highest BCUT2D eigenvalue weighted by Gasteiger charge is 2.27. The molecule has 2 aliphatic rings. The van der Waals surface area contributed by atoms with Crippen LogP contribution in [-0.2, 0) is 4.79 Å². The van der Waals surface area contributed by atoms with Gasteiger partial charge >= 0.3 is 0 Å². The summed E-state index contributed by atoms with van der Waals surface area (Å²) in [5, 5.41) is 5.93. The van der Waals surface area contributed by atoms with Crippen molar-refractivity contribution in [1.82, 2.24) is 10.2 Å². The molecule has 146 valence electrons. The Hall–Kier alpha value is -2.66. The Balaban J connectivity index is 1.37. The van der Waals surface area contributed by atoms with Crippen molar-refractivity contribution in [2.45, 2.75) is 44.7 Å². The van der Waals surface area contributed by atoms with E-state index in [1.165, 1.54) is 11.1 Å². The summed E-state index contributed by atoms with van der Waals surface area (Å²) in [6.45, 7) is 3.37. The van der Waals surface area contributed by atoms with Gasteiger partial charge in [-0.15, -0.1) is 0 Å². The van der Waals surface area contributed by atoms with Crippen LogP contribution < -0.4 is 10.6 Å².